The first-order chi connectivity index (χ1) is 16.3. The lowest BCUT2D eigenvalue weighted by Gasteiger charge is -2.31. The minimum Gasteiger partial charge on any atom is -0.458 e. The van der Waals surface area contributed by atoms with Gasteiger partial charge in [-0.3, -0.25) is 4.79 Å². The standard InChI is InChI=1S/C25H24IN3O5/c1-2-25(32)16-8-20-22-14(10-29(20)23(30)15(16)11-34-24(25)31)21(12-3-5-33-6-4-12)13-7-18(27)17(26)9-19(13)28-22/h7-9,12,32H,2-6,10-11,27H2,1H3/t25-/m0/s1. The Morgan fingerprint density at radius 1 is 1.24 bits per heavy atom. The van der Waals surface area contributed by atoms with Crippen LogP contribution in [0.5, 0.6) is 0 Å². The number of nitrogens with two attached hydrogens (primary N) is 1. The van der Waals surface area contributed by atoms with Crippen LogP contribution in [0.1, 0.15) is 54.4 Å². The van der Waals surface area contributed by atoms with Crippen molar-refractivity contribution < 1.29 is 19.4 Å². The number of aliphatic hydroxyl groups is 1. The van der Waals surface area contributed by atoms with E-state index < -0.39 is 11.6 Å². The molecule has 3 aliphatic rings. The topological polar surface area (TPSA) is 117 Å². The number of hydrogen-bond donors (Lipinski definition) is 2. The number of cyclic esters (lactones) is 1. The lowest BCUT2D eigenvalue weighted by molar-refractivity contribution is -0.172. The molecule has 0 spiro atoms. The number of nitrogens with zero attached hydrogens (tertiary/aromatic N) is 2. The minimum absolute atomic E-state index is 0.116. The highest BCUT2D eigenvalue weighted by Crippen LogP contribution is 2.44. The first-order valence-electron chi connectivity index (χ1n) is 11.5. The molecule has 176 valence electrons. The molecule has 0 amide bonds. The average molecular weight is 573 g/mol. The van der Waals surface area contributed by atoms with E-state index in [-0.39, 0.29) is 24.5 Å². The van der Waals surface area contributed by atoms with Crippen molar-refractivity contribution in [3.05, 3.63) is 54.4 Å². The Morgan fingerprint density at radius 3 is 2.74 bits per heavy atom. The molecule has 8 nitrogen and oxygen atoms in total. The van der Waals surface area contributed by atoms with E-state index in [1.807, 2.05) is 12.1 Å². The van der Waals surface area contributed by atoms with E-state index in [4.69, 9.17) is 20.2 Å². The van der Waals surface area contributed by atoms with Crippen molar-refractivity contribution in [2.75, 3.05) is 18.9 Å². The largest absolute Gasteiger partial charge is 0.458 e. The Bertz CT molecular complexity index is 1440. The van der Waals surface area contributed by atoms with Gasteiger partial charge in [-0.1, -0.05) is 6.92 Å². The van der Waals surface area contributed by atoms with Crippen LogP contribution in [0, 0.1) is 3.57 Å². The van der Waals surface area contributed by atoms with E-state index in [9.17, 15) is 14.7 Å². The zero-order chi connectivity index (χ0) is 23.8. The number of halogens is 1. The summed E-state index contributed by atoms with van der Waals surface area (Å²) in [5.74, 6) is -0.450. The monoisotopic (exact) mass is 573 g/mol. The van der Waals surface area contributed by atoms with E-state index in [1.54, 1.807) is 17.6 Å². The van der Waals surface area contributed by atoms with Gasteiger partial charge in [0, 0.05) is 39.0 Å². The lowest BCUT2D eigenvalue weighted by atomic mass is 9.84. The van der Waals surface area contributed by atoms with Crippen molar-refractivity contribution in [1.29, 1.82) is 0 Å². The number of carbonyl (C=O) groups excluding carboxylic acids is 1. The molecule has 1 atom stereocenters. The molecule has 1 aromatic carbocycles. The Morgan fingerprint density at radius 2 is 2.00 bits per heavy atom. The number of ether oxygens (including phenoxy) is 2. The molecule has 1 saturated heterocycles. The van der Waals surface area contributed by atoms with Crippen molar-refractivity contribution >= 4 is 45.2 Å². The third-order valence-corrected chi connectivity index (χ3v) is 8.41. The van der Waals surface area contributed by atoms with E-state index in [1.165, 1.54) is 5.56 Å². The number of benzene rings is 1. The van der Waals surface area contributed by atoms with Gasteiger partial charge in [-0.25, -0.2) is 9.78 Å². The van der Waals surface area contributed by atoms with Crippen LogP contribution in [0.3, 0.4) is 0 Å². The number of carbonyl (C=O) groups is 1. The highest BCUT2D eigenvalue weighted by atomic mass is 127. The molecule has 0 radical (unpaired) electrons. The second-order valence-corrected chi connectivity index (χ2v) is 10.4. The highest BCUT2D eigenvalue weighted by Gasteiger charge is 2.45. The van der Waals surface area contributed by atoms with E-state index in [0.717, 1.165) is 38.6 Å². The highest BCUT2D eigenvalue weighted by molar-refractivity contribution is 14.1. The molecular formula is C25H24IN3O5. The van der Waals surface area contributed by atoms with E-state index in [2.05, 4.69) is 22.6 Å². The third kappa shape index (κ3) is 2.99. The van der Waals surface area contributed by atoms with Crippen molar-refractivity contribution in [1.82, 2.24) is 9.55 Å². The summed E-state index contributed by atoms with van der Waals surface area (Å²) in [5.41, 5.74) is 9.92. The van der Waals surface area contributed by atoms with E-state index in [0.29, 0.717) is 42.3 Å². The number of esters is 1. The molecule has 0 saturated carbocycles. The van der Waals surface area contributed by atoms with Crippen molar-refractivity contribution in [3.63, 3.8) is 0 Å². The van der Waals surface area contributed by atoms with Gasteiger partial charge in [0.25, 0.3) is 5.56 Å². The maximum atomic E-state index is 13.6. The number of fused-ring (bicyclic) bond motifs is 5. The summed E-state index contributed by atoms with van der Waals surface area (Å²) in [6, 6.07) is 5.74. The number of pyridine rings is 2. The zero-order valence-corrected chi connectivity index (χ0v) is 20.8. The molecule has 5 heterocycles. The number of rotatable bonds is 2. The maximum absolute atomic E-state index is 13.6. The molecule has 34 heavy (non-hydrogen) atoms. The van der Waals surface area contributed by atoms with Gasteiger partial charge in [-0.05, 0) is 71.5 Å². The predicted molar refractivity (Wildman–Crippen MR) is 134 cm³/mol. The van der Waals surface area contributed by atoms with Gasteiger partial charge in [-0.15, -0.1) is 0 Å². The van der Waals surface area contributed by atoms with Crippen LogP contribution in [0.15, 0.2) is 23.0 Å². The first kappa shape index (κ1) is 22.0. The van der Waals surface area contributed by atoms with Crippen LogP contribution in [0.2, 0.25) is 0 Å². The van der Waals surface area contributed by atoms with Crippen LogP contribution in [0.4, 0.5) is 5.69 Å². The summed E-state index contributed by atoms with van der Waals surface area (Å²) in [6.07, 6.45) is 1.89. The van der Waals surface area contributed by atoms with Gasteiger partial charge in [0.2, 0.25) is 0 Å². The van der Waals surface area contributed by atoms with Gasteiger partial charge < -0.3 is 24.9 Å². The van der Waals surface area contributed by atoms with Crippen LogP contribution in [-0.2, 0) is 33.0 Å². The second-order valence-electron chi connectivity index (χ2n) is 9.23. The molecule has 9 heteroatoms. The maximum Gasteiger partial charge on any atom is 0.343 e. The number of aromatic nitrogens is 2. The van der Waals surface area contributed by atoms with Gasteiger partial charge in [0.05, 0.1) is 29.0 Å². The summed E-state index contributed by atoms with van der Waals surface area (Å²) in [5, 5.41) is 12.1. The number of anilines is 1. The Hall–Kier alpha value is -2.50. The average Bonchev–Trinajstić information content (AvgIpc) is 3.20. The normalized spacial score (nSPS) is 21.8. The molecule has 3 aliphatic heterocycles. The molecule has 0 unspecified atom stereocenters. The molecule has 3 aromatic rings. The smallest absolute Gasteiger partial charge is 0.343 e. The fourth-order valence-corrected chi connectivity index (χ4v) is 6.05. The van der Waals surface area contributed by atoms with E-state index >= 15 is 0 Å². The molecule has 0 bridgehead atoms. The molecule has 1 fully saturated rings. The van der Waals surface area contributed by atoms with Gasteiger partial charge in [-0.2, -0.15) is 0 Å². The predicted octanol–water partition coefficient (Wildman–Crippen LogP) is 3.16. The van der Waals surface area contributed by atoms with Gasteiger partial charge in [0.15, 0.2) is 5.60 Å². The molecule has 3 N–H and O–H groups in total. The molecule has 6 rings (SSSR count). The van der Waals surface area contributed by atoms with Crippen molar-refractivity contribution in [2.45, 2.75) is 50.9 Å². The summed E-state index contributed by atoms with van der Waals surface area (Å²) in [4.78, 5) is 31.0. The van der Waals surface area contributed by atoms with Gasteiger partial charge in [0.1, 0.15) is 6.61 Å². The van der Waals surface area contributed by atoms with Gasteiger partial charge >= 0.3 is 5.97 Å². The fraction of sp³-hybridized carbons (Fsp3) is 0.400. The summed E-state index contributed by atoms with van der Waals surface area (Å²) < 4.78 is 13.4. The first-order valence-corrected chi connectivity index (χ1v) is 12.6. The quantitative estimate of drug-likeness (QED) is 0.215. The van der Waals surface area contributed by atoms with Crippen LogP contribution < -0.4 is 11.3 Å². The molecular weight excluding hydrogens is 549 g/mol. The van der Waals surface area contributed by atoms with Crippen LogP contribution in [0.25, 0.3) is 22.3 Å². The van der Waals surface area contributed by atoms with Crippen LogP contribution >= 0.6 is 22.6 Å². The van der Waals surface area contributed by atoms with Crippen LogP contribution in [-0.4, -0.2) is 33.8 Å². The molecule has 2 aromatic heterocycles. The fourth-order valence-electron chi connectivity index (χ4n) is 5.60. The summed E-state index contributed by atoms with van der Waals surface area (Å²) in [7, 11) is 0. The Labute approximate surface area is 209 Å². The summed E-state index contributed by atoms with van der Waals surface area (Å²) in [6.45, 7) is 3.33. The number of hydrogen-bond acceptors (Lipinski definition) is 7. The SMILES string of the molecule is CC[C@@]1(O)C(=O)OCc2c1cc1n(c2=O)Cc2c-1nc1cc(I)c(N)cc1c2C1CCOCC1. The second kappa shape index (κ2) is 7.76. The summed E-state index contributed by atoms with van der Waals surface area (Å²) >= 11 is 2.21. The lowest BCUT2D eigenvalue weighted by Crippen LogP contribution is -2.44. The van der Waals surface area contributed by atoms with Crippen molar-refractivity contribution in [3.8, 4) is 11.4 Å². The zero-order valence-electron chi connectivity index (χ0n) is 18.7. The number of nitrogen functional groups attached to an aromatic ring is 1. The van der Waals surface area contributed by atoms with Crippen molar-refractivity contribution in [2.24, 2.45) is 0 Å². The molecule has 0 aliphatic carbocycles. The minimum atomic E-state index is -1.84. The third-order valence-electron chi connectivity index (χ3n) is 7.48. The Balaban J connectivity index is 1.65. The Kier molecular flexibility index (Phi) is 5.02.